The number of thioether (sulfide) groups is 1. The van der Waals surface area contributed by atoms with Crippen molar-refractivity contribution in [2.24, 2.45) is 0 Å². The number of anilines is 2. The maximum Gasteiger partial charge on any atom is 0.225 e. The Morgan fingerprint density at radius 1 is 0.920 bits per heavy atom. The number of methoxy groups -OCH3 is 1. The van der Waals surface area contributed by atoms with Gasteiger partial charge < -0.3 is 15.4 Å². The van der Waals surface area contributed by atoms with Crippen molar-refractivity contribution in [1.29, 1.82) is 0 Å². The third-order valence-corrected chi connectivity index (χ3v) is 4.44. The zero-order valence-corrected chi connectivity index (χ0v) is 15.2. The fourth-order valence-electron chi connectivity index (χ4n) is 2.04. The molecule has 0 fully saturated rings. The lowest BCUT2D eigenvalue weighted by atomic mass is 10.2. The number of ether oxygens (including phenoxy) is 1. The van der Waals surface area contributed by atoms with Gasteiger partial charge in [-0.15, -0.1) is 11.8 Å². The molecule has 0 aliphatic carbocycles. The van der Waals surface area contributed by atoms with E-state index in [2.05, 4.69) is 10.6 Å². The van der Waals surface area contributed by atoms with E-state index in [0.717, 1.165) is 16.3 Å². The second-order valence-corrected chi connectivity index (χ2v) is 6.47. The zero-order valence-electron chi connectivity index (χ0n) is 14.4. The van der Waals surface area contributed by atoms with Crippen molar-refractivity contribution in [1.82, 2.24) is 0 Å². The average molecular weight is 358 g/mol. The van der Waals surface area contributed by atoms with Crippen LogP contribution in [0.3, 0.4) is 0 Å². The lowest BCUT2D eigenvalue weighted by Crippen LogP contribution is -2.12. The third-order valence-electron chi connectivity index (χ3n) is 3.43. The average Bonchev–Trinajstić information content (AvgIpc) is 2.64. The van der Waals surface area contributed by atoms with Crippen molar-refractivity contribution in [3.63, 3.8) is 0 Å². The Hall–Kier alpha value is -2.47. The van der Waals surface area contributed by atoms with E-state index in [1.54, 1.807) is 50.1 Å². The predicted molar refractivity (Wildman–Crippen MR) is 102 cm³/mol. The second-order valence-electron chi connectivity index (χ2n) is 5.30. The molecule has 0 aliphatic rings. The topological polar surface area (TPSA) is 67.4 Å². The van der Waals surface area contributed by atoms with Gasteiger partial charge in [0, 0.05) is 34.9 Å². The number of rotatable bonds is 8. The molecule has 0 heterocycles. The third kappa shape index (κ3) is 6.51. The number of hydrogen-bond acceptors (Lipinski definition) is 4. The summed E-state index contributed by atoms with van der Waals surface area (Å²) in [5.41, 5.74) is 1.44. The molecule has 0 aliphatic heterocycles. The molecule has 2 rings (SSSR count). The SMILES string of the molecule is CCC(=O)Nc1ccc(NC(=O)CCSc2ccc(OC)cc2)cc1. The second kappa shape index (κ2) is 9.74. The molecule has 0 bridgehead atoms. The standard InChI is InChI=1S/C19H22N2O3S/c1-3-18(22)20-14-4-6-15(7-5-14)21-19(23)12-13-25-17-10-8-16(24-2)9-11-17/h4-11H,3,12-13H2,1-2H3,(H,20,22)(H,21,23). The van der Waals surface area contributed by atoms with Crippen LogP contribution in [0.2, 0.25) is 0 Å². The molecular weight excluding hydrogens is 336 g/mol. The smallest absolute Gasteiger partial charge is 0.225 e. The summed E-state index contributed by atoms with van der Waals surface area (Å²) in [6, 6.07) is 14.9. The van der Waals surface area contributed by atoms with Gasteiger partial charge in [-0.05, 0) is 48.5 Å². The minimum Gasteiger partial charge on any atom is -0.497 e. The number of hydrogen-bond donors (Lipinski definition) is 2. The van der Waals surface area contributed by atoms with Crippen molar-refractivity contribution < 1.29 is 14.3 Å². The number of amides is 2. The van der Waals surface area contributed by atoms with Crippen molar-refractivity contribution in [2.75, 3.05) is 23.5 Å². The minimum atomic E-state index is -0.0358. The maximum atomic E-state index is 12.0. The van der Waals surface area contributed by atoms with Crippen LogP contribution in [-0.2, 0) is 9.59 Å². The first kappa shape index (κ1) is 18.9. The summed E-state index contributed by atoms with van der Waals surface area (Å²) in [6.45, 7) is 1.80. The van der Waals surface area contributed by atoms with Gasteiger partial charge in [-0.1, -0.05) is 6.92 Å². The number of carbonyl (C=O) groups is 2. The van der Waals surface area contributed by atoms with E-state index >= 15 is 0 Å². The molecule has 5 nitrogen and oxygen atoms in total. The normalized spacial score (nSPS) is 10.2. The van der Waals surface area contributed by atoms with E-state index in [1.807, 2.05) is 24.3 Å². The highest BCUT2D eigenvalue weighted by Gasteiger charge is 2.04. The zero-order chi connectivity index (χ0) is 18.1. The molecule has 2 amide bonds. The highest BCUT2D eigenvalue weighted by atomic mass is 32.2. The van der Waals surface area contributed by atoms with Crippen molar-refractivity contribution in [3.8, 4) is 5.75 Å². The molecule has 0 spiro atoms. The van der Waals surface area contributed by atoms with Crippen molar-refractivity contribution in [3.05, 3.63) is 48.5 Å². The molecule has 2 N–H and O–H groups in total. The molecule has 0 aromatic heterocycles. The first-order valence-corrected chi connectivity index (χ1v) is 9.06. The van der Waals surface area contributed by atoms with Gasteiger partial charge in [-0.3, -0.25) is 9.59 Å². The van der Waals surface area contributed by atoms with Crippen LogP contribution in [0, 0.1) is 0 Å². The molecular formula is C19H22N2O3S. The monoisotopic (exact) mass is 358 g/mol. The van der Waals surface area contributed by atoms with E-state index < -0.39 is 0 Å². The van der Waals surface area contributed by atoms with E-state index in [4.69, 9.17) is 4.74 Å². The van der Waals surface area contributed by atoms with Crippen molar-refractivity contribution in [2.45, 2.75) is 24.7 Å². The van der Waals surface area contributed by atoms with Crippen LogP contribution >= 0.6 is 11.8 Å². The summed E-state index contributed by atoms with van der Waals surface area (Å²) in [7, 11) is 1.64. The lowest BCUT2D eigenvalue weighted by molar-refractivity contribution is -0.116. The Morgan fingerprint density at radius 3 is 2.00 bits per heavy atom. The Bertz CT molecular complexity index is 700. The fourth-order valence-corrected chi connectivity index (χ4v) is 2.89. The largest absolute Gasteiger partial charge is 0.497 e. The predicted octanol–water partition coefficient (Wildman–Crippen LogP) is 4.16. The van der Waals surface area contributed by atoms with Gasteiger partial charge >= 0.3 is 0 Å². The molecule has 25 heavy (non-hydrogen) atoms. The van der Waals surface area contributed by atoms with Gasteiger partial charge in [0.05, 0.1) is 7.11 Å². The number of benzene rings is 2. The quantitative estimate of drug-likeness (QED) is 0.695. The highest BCUT2D eigenvalue weighted by Crippen LogP contribution is 2.22. The molecule has 132 valence electrons. The summed E-state index contributed by atoms with van der Waals surface area (Å²) in [6.07, 6.45) is 0.857. The molecule has 2 aromatic carbocycles. The number of carbonyl (C=O) groups excluding carboxylic acids is 2. The van der Waals surface area contributed by atoms with Crippen LogP contribution in [0.1, 0.15) is 19.8 Å². The molecule has 0 saturated heterocycles. The molecule has 2 aromatic rings. The number of nitrogens with one attached hydrogen (secondary N) is 2. The van der Waals surface area contributed by atoms with Crippen LogP contribution in [0.5, 0.6) is 5.75 Å². The van der Waals surface area contributed by atoms with E-state index in [9.17, 15) is 9.59 Å². The summed E-state index contributed by atoms with van der Waals surface area (Å²) in [4.78, 5) is 24.4. The first-order valence-electron chi connectivity index (χ1n) is 8.07. The lowest BCUT2D eigenvalue weighted by Gasteiger charge is -2.08. The van der Waals surface area contributed by atoms with E-state index in [-0.39, 0.29) is 11.8 Å². The van der Waals surface area contributed by atoms with Crippen molar-refractivity contribution >= 4 is 35.0 Å². The van der Waals surface area contributed by atoms with Crippen LogP contribution in [0.15, 0.2) is 53.4 Å². The van der Waals surface area contributed by atoms with Gasteiger partial charge in [0.25, 0.3) is 0 Å². The van der Waals surface area contributed by atoms with Gasteiger partial charge in [0.1, 0.15) is 5.75 Å². The minimum absolute atomic E-state index is 0.0349. The summed E-state index contributed by atoms with van der Waals surface area (Å²) in [5, 5.41) is 5.62. The van der Waals surface area contributed by atoms with Crippen LogP contribution < -0.4 is 15.4 Å². The Balaban J connectivity index is 1.74. The molecule has 0 atom stereocenters. The van der Waals surface area contributed by atoms with Gasteiger partial charge in [-0.25, -0.2) is 0 Å². The van der Waals surface area contributed by atoms with Gasteiger partial charge in [0.15, 0.2) is 0 Å². The summed E-state index contributed by atoms with van der Waals surface area (Å²) in [5.74, 6) is 1.45. The van der Waals surface area contributed by atoms with E-state index in [0.29, 0.717) is 24.3 Å². The van der Waals surface area contributed by atoms with Crippen LogP contribution in [-0.4, -0.2) is 24.7 Å². The summed E-state index contributed by atoms with van der Waals surface area (Å²) < 4.78 is 5.12. The Morgan fingerprint density at radius 2 is 1.48 bits per heavy atom. The molecule has 6 heteroatoms. The van der Waals surface area contributed by atoms with Gasteiger partial charge in [0.2, 0.25) is 11.8 Å². The molecule has 0 saturated carbocycles. The summed E-state index contributed by atoms with van der Waals surface area (Å²) >= 11 is 1.63. The Kier molecular flexibility index (Phi) is 7.35. The first-order chi connectivity index (χ1) is 12.1. The van der Waals surface area contributed by atoms with Crippen LogP contribution in [0.25, 0.3) is 0 Å². The van der Waals surface area contributed by atoms with E-state index in [1.165, 1.54) is 0 Å². The highest BCUT2D eigenvalue weighted by molar-refractivity contribution is 7.99. The maximum absolute atomic E-state index is 12.0. The van der Waals surface area contributed by atoms with Crippen LogP contribution in [0.4, 0.5) is 11.4 Å². The molecule has 0 radical (unpaired) electrons. The van der Waals surface area contributed by atoms with Gasteiger partial charge in [-0.2, -0.15) is 0 Å². The molecule has 0 unspecified atom stereocenters. The fraction of sp³-hybridized carbons (Fsp3) is 0.263. The Labute approximate surface area is 152 Å².